The number of carbonyl (C=O) groups excluding carboxylic acids is 1. The topological polar surface area (TPSA) is 76.9 Å². The summed E-state index contributed by atoms with van der Waals surface area (Å²) in [6.45, 7) is 2.82. The van der Waals surface area contributed by atoms with Crippen LogP contribution in [0.15, 0.2) is 28.5 Å². The fourth-order valence-corrected chi connectivity index (χ4v) is 2.14. The number of carbonyl (C=O) groups is 1. The summed E-state index contributed by atoms with van der Waals surface area (Å²) in [5, 5.41) is 9.30. The summed E-state index contributed by atoms with van der Waals surface area (Å²) < 4.78 is 1.37. The van der Waals surface area contributed by atoms with Crippen LogP contribution in [0.5, 0.6) is 0 Å². The van der Waals surface area contributed by atoms with E-state index in [1.165, 1.54) is 22.1 Å². The standard InChI is InChI=1S/C12H14N4O2S/c1-9-15-10(8-19-9)12(18)13-5-3-7-16-11(17)4-2-6-14-16/h2,4,6,8H,3,5,7H2,1H3,(H,13,18). The van der Waals surface area contributed by atoms with Crippen LogP contribution in [0.3, 0.4) is 0 Å². The van der Waals surface area contributed by atoms with Crippen molar-refractivity contribution in [1.82, 2.24) is 20.1 Å². The summed E-state index contributed by atoms with van der Waals surface area (Å²) in [6.07, 6.45) is 2.21. The first kappa shape index (κ1) is 13.4. The summed E-state index contributed by atoms with van der Waals surface area (Å²) in [7, 11) is 0. The van der Waals surface area contributed by atoms with Crippen LogP contribution >= 0.6 is 11.3 Å². The van der Waals surface area contributed by atoms with Crippen molar-refractivity contribution < 1.29 is 4.79 Å². The van der Waals surface area contributed by atoms with Gasteiger partial charge in [-0.1, -0.05) is 0 Å². The molecule has 1 amide bonds. The third kappa shape index (κ3) is 3.72. The number of amides is 1. The van der Waals surface area contributed by atoms with E-state index in [4.69, 9.17) is 0 Å². The highest BCUT2D eigenvalue weighted by Gasteiger charge is 2.08. The molecule has 2 heterocycles. The molecule has 0 saturated carbocycles. The Balaban J connectivity index is 1.77. The van der Waals surface area contributed by atoms with E-state index in [0.717, 1.165) is 5.01 Å². The molecule has 0 atom stereocenters. The van der Waals surface area contributed by atoms with Gasteiger partial charge in [0.1, 0.15) is 5.69 Å². The van der Waals surface area contributed by atoms with E-state index >= 15 is 0 Å². The molecule has 0 fully saturated rings. The minimum atomic E-state index is -0.183. The number of aromatic nitrogens is 3. The van der Waals surface area contributed by atoms with Gasteiger partial charge in [0.25, 0.3) is 11.5 Å². The lowest BCUT2D eigenvalue weighted by molar-refractivity contribution is 0.0948. The Morgan fingerprint density at radius 1 is 1.53 bits per heavy atom. The predicted octanol–water partition coefficient (Wildman–Crippen LogP) is 0.828. The van der Waals surface area contributed by atoms with Crippen molar-refractivity contribution in [2.75, 3.05) is 6.54 Å². The highest BCUT2D eigenvalue weighted by atomic mass is 32.1. The van der Waals surface area contributed by atoms with Crippen LogP contribution in [-0.2, 0) is 6.54 Å². The molecule has 0 radical (unpaired) electrons. The van der Waals surface area contributed by atoms with Crippen LogP contribution in [0.2, 0.25) is 0 Å². The molecule has 0 aliphatic heterocycles. The van der Waals surface area contributed by atoms with Gasteiger partial charge in [0, 0.05) is 30.7 Å². The molecular formula is C12H14N4O2S. The van der Waals surface area contributed by atoms with Crippen molar-refractivity contribution in [2.24, 2.45) is 0 Å². The van der Waals surface area contributed by atoms with Gasteiger partial charge in [-0.2, -0.15) is 5.10 Å². The quantitative estimate of drug-likeness (QED) is 0.822. The van der Waals surface area contributed by atoms with E-state index in [9.17, 15) is 9.59 Å². The SMILES string of the molecule is Cc1nc(C(=O)NCCCn2ncccc2=O)cs1. The minimum absolute atomic E-state index is 0.135. The molecule has 19 heavy (non-hydrogen) atoms. The van der Waals surface area contributed by atoms with Crippen LogP contribution < -0.4 is 10.9 Å². The Labute approximate surface area is 114 Å². The first-order valence-corrected chi connectivity index (χ1v) is 6.77. The molecule has 6 nitrogen and oxygen atoms in total. The van der Waals surface area contributed by atoms with Crippen LogP contribution in [-0.4, -0.2) is 27.2 Å². The van der Waals surface area contributed by atoms with E-state index in [1.807, 2.05) is 6.92 Å². The maximum atomic E-state index is 11.7. The maximum absolute atomic E-state index is 11.7. The van der Waals surface area contributed by atoms with E-state index in [-0.39, 0.29) is 11.5 Å². The summed E-state index contributed by atoms with van der Waals surface area (Å²) >= 11 is 1.44. The van der Waals surface area contributed by atoms with Gasteiger partial charge in [0.05, 0.1) is 5.01 Å². The molecule has 0 aliphatic carbocycles. The van der Waals surface area contributed by atoms with Gasteiger partial charge in [0.15, 0.2) is 0 Å². The van der Waals surface area contributed by atoms with Crippen molar-refractivity contribution in [3.05, 3.63) is 44.8 Å². The fourth-order valence-electron chi connectivity index (χ4n) is 1.54. The molecule has 0 saturated heterocycles. The van der Waals surface area contributed by atoms with Crippen LogP contribution in [0.25, 0.3) is 0 Å². The van der Waals surface area contributed by atoms with Crippen molar-refractivity contribution in [2.45, 2.75) is 19.9 Å². The lowest BCUT2D eigenvalue weighted by Crippen LogP contribution is -2.27. The summed E-state index contributed by atoms with van der Waals surface area (Å²) in [5.41, 5.74) is 0.307. The monoisotopic (exact) mass is 278 g/mol. The van der Waals surface area contributed by atoms with Gasteiger partial charge in [-0.05, 0) is 19.4 Å². The van der Waals surface area contributed by atoms with Crippen LogP contribution in [0.1, 0.15) is 21.9 Å². The molecule has 100 valence electrons. The van der Waals surface area contributed by atoms with Crippen molar-refractivity contribution in [1.29, 1.82) is 0 Å². The smallest absolute Gasteiger partial charge is 0.270 e. The van der Waals surface area contributed by atoms with Gasteiger partial charge in [-0.15, -0.1) is 11.3 Å². The van der Waals surface area contributed by atoms with Gasteiger partial charge in [-0.3, -0.25) is 9.59 Å². The molecule has 2 rings (SSSR count). The predicted molar refractivity (Wildman–Crippen MR) is 72.3 cm³/mol. The molecule has 2 aromatic rings. The highest BCUT2D eigenvalue weighted by molar-refractivity contribution is 7.09. The van der Waals surface area contributed by atoms with Gasteiger partial charge >= 0.3 is 0 Å². The Kier molecular flexibility index (Phi) is 4.40. The van der Waals surface area contributed by atoms with E-state index < -0.39 is 0 Å². The third-order valence-corrected chi connectivity index (χ3v) is 3.24. The van der Waals surface area contributed by atoms with Gasteiger partial charge in [0.2, 0.25) is 0 Å². The zero-order valence-electron chi connectivity index (χ0n) is 10.5. The second-order valence-electron chi connectivity index (χ2n) is 3.95. The van der Waals surface area contributed by atoms with Gasteiger partial charge < -0.3 is 5.32 Å². The number of rotatable bonds is 5. The first-order chi connectivity index (χ1) is 9.16. The Morgan fingerprint density at radius 2 is 2.37 bits per heavy atom. The molecule has 0 bridgehead atoms. The summed E-state index contributed by atoms with van der Waals surface area (Å²) in [6, 6.07) is 3.06. The molecule has 2 aromatic heterocycles. The number of aryl methyl sites for hydroxylation is 2. The number of nitrogens with zero attached hydrogens (tertiary/aromatic N) is 3. The lowest BCUT2D eigenvalue weighted by Gasteiger charge is -2.04. The average molecular weight is 278 g/mol. The Bertz CT molecular complexity index is 620. The lowest BCUT2D eigenvalue weighted by atomic mass is 10.4. The van der Waals surface area contributed by atoms with Crippen LogP contribution in [0, 0.1) is 6.92 Å². The highest BCUT2D eigenvalue weighted by Crippen LogP contribution is 2.07. The van der Waals surface area contributed by atoms with Crippen molar-refractivity contribution in [3.63, 3.8) is 0 Å². The molecule has 0 spiro atoms. The first-order valence-electron chi connectivity index (χ1n) is 5.89. The Hall–Kier alpha value is -2.02. The normalized spacial score (nSPS) is 10.4. The van der Waals surface area contributed by atoms with E-state index in [2.05, 4.69) is 15.4 Å². The number of hydrogen-bond acceptors (Lipinski definition) is 5. The Morgan fingerprint density at radius 3 is 3.05 bits per heavy atom. The number of nitrogens with one attached hydrogen (secondary N) is 1. The van der Waals surface area contributed by atoms with E-state index in [0.29, 0.717) is 25.2 Å². The zero-order chi connectivity index (χ0) is 13.7. The second kappa shape index (κ2) is 6.24. The molecule has 1 N–H and O–H groups in total. The summed E-state index contributed by atoms with van der Waals surface area (Å²) in [4.78, 5) is 27.2. The molecule has 0 unspecified atom stereocenters. The third-order valence-electron chi connectivity index (χ3n) is 2.47. The molecule has 0 aliphatic rings. The van der Waals surface area contributed by atoms with Crippen molar-refractivity contribution in [3.8, 4) is 0 Å². The van der Waals surface area contributed by atoms with Gasteiger partial charge in [-0.25, -0.2) is 9.67 Å². The molecule has 0 aromatic carbocycles. The van der Waals surface area contributed by atoms with E-state index in [1.54, 1.807) is 17.6 Å². The maximum Gasteiger partial charge on any atom is 0.270 e. The average Bonchev–Trinajstić information content (AvgIpc) is 2.83. The minimum Gasteiger partial charge on any atom is -0.351 e. The van der Waals surface area contributed by atoms with Crippen LogP contribution in [0.4, 0.5) is 0 Å². The largest absolute Gasteiger partial charge is 0.351 e. The zero-order valence-corrected chi connectivity index (χ0v) is 11.3. The second-order valence-corrected chi connectivity index (χ2v) is 5.01. The van der Waals surface area contributed by atoms with Crippen molar-refractivity contribution >= 4 is 17.2 Å². The summed E-state index contributed by atoms with van der Waals surface area (Å²) in [5.74, 6) is -0.183. The molecular weight excluding hydrogens is 264 g/mol. The fraction of sp³-hybridized carbons (Fsp3) is 0.333. The number of hydrogen-bond donors (Lipinski definition) is 1. The molecule has 7 heteroatoms. The number of thiazole rings is 1.